The van der Waals surface area contributed by atoms with Crippen LogP contribution in [0.1, 0.15) is 19.4 Å². The summed E-state index contributed by atoms with van der Waals surface area (Å²) in [5, 5.41) is 0. The van der Waals surface area contributed by atoms with Gasteiger partial charge in [0.1, 0.15) is 0 Å². The molecule has 2 atom stereocenters. The topological polar surface area (TPSA) is 105 Å². The van der Waals surface area contributed by atoms with E-state index in [1.807, 2.05) is 13.8 Å². The molecule has 0 amide bonds. The van der Waals surface area contributed by atoms with E-state index in [0.29, 0.717) is 45.0 Å². The number of ether oxygens (including phenoxy) is 2. The fourth-order valence-corrected chi connectivity index (χ4v) is 6.06. The normalized spacial score (nSPS) is 25.6. The summed E-state index contributed by atoms with van der Waals surface area (Å²) in [4.78, 5) is 0.192. The zero-order valence-electron chi connectivity index (χ0n) is 16.1. The van der Waals surface area contributed by atoms with Gasteiger partial charge >= 0.3 is 0 Å². The van der Waals surface area contributed by atoms with Gasteiger partial charge in [-0.25, -0.2) is 8.42 Å². The van der Waals surface area contributed by atoms with Crippen molar-refractivity contribution in [2.75, 3.05) is 39.4 Å². The van der Waals surface area contributed by atoms with Gasteiger partial charge in [-0.3, -0.25) is 0 Å². The smallest absolute Gasteiger partial charge is 0.279 e. The highest BCUT2D eigenvalue weighted by Gasteiger charge is 2.31. The van der Waals surface area contributed by atoms with E-state index in [1.165, 1.54) is 20.7 Å². The Bertz CT molecular complexity index is 857. The van der Waals surface area contributed by atoms with Crippen LogP contribution < -0.4 is 4.72 Å². The van der Waals surface area contributed by atoms with Crippen molar-refractivity contribution in [2.24, 2.45) is 0 Å². The van der Waals surface area contributed by atoms with Crippen LogP contribution in [0.3, 0.4) is 0 Å². The summed E-state index contributed by atoms with van der Waals surface area (Å²) in [6, 6.07) is 6.27. The number of sulfonamides is 1. The molecule has 158 valence electrons. The Morgan fingerprint density at radius 2 is 1.54 bits per heavy atom. The molecule has 0 bridgehead atoms. The van der Waals surface area contributed by atoms with Crippen LogP contribution in [0.2, 0.25) is 0 Å². The number of benzene rings is 1. The van der Waals surface area contributed by atoms with Gasteiger partial charge in [0.05, 0.1) is 30.3 Å². The van der Waals surface area contributed by atoms with E-state index in [0.717, 1.165) is 0 Å². The molecule has 2 unspecified atom stereocenters. The highest BCUT2D eigenvalue weighted by atomic mass is 32.2. The van der Waals surface area contributed by atoms with Gasteiger partial charge in [-0.2, -0.15) is 21.8 Å². The molecule has 2 aliphatic rings. The van der Waals surface area contributed by atoms with E-state index in [1.54, 1.807) is 12.1 Å². The minimum atomic E-state index is -3.64. The summed E-state index contributed by atoms with van der Waals surface area (Å²) in [5.74, 6) is 0. The van der Waals surface area contributed by atoms with Crippen molar-refractivity contribution in [3.63, 3.8) is 0 Å². The van der Waals surface area contributed by atoms with E-state index in [-0.39, 0.29) is 23.6 Å². The molecule has 1 aromatic rings. The Morgan fingerprint density at radius 1 is 0.964 bits per heavy atom. The molecule has 1 aromatic carbocycles. The van der Waals surface area contributed by atoms with Crippen molar-refractivity contribution < 1.29 is 26.3 Å². The van der Waals surface area contributed by atoms with Gasteiger partial charge in [0.25, 0.3) is 10.2 Å². The van der Waals surface area contributed by atoms with E-state index < -0.39 is 20.2 Å². The molecule has 0 aliphatic carbocycles. The van der Waals surface area contributed by atoms with Crippen LogP contribution in [0, 0.1) is 0 Å². The van der Waals surface area contributed by atoms with Crippen molar-refractivity contribution in [1.29, 1.82) is 0 Å². The SMILES string of the molecule is CC1CN(S(=O)(=O)NCc2ccc(S(=O)(=O)N3CCOCC3)cc2)CC(C)O1. The summed E-state index contributed by atoms with van der Waals surface area (Å²) in [5.41, 5.74) is 0.679. The first-order chi connectivity index (χ1) is 13.2. The number of hydrogen-bond acceptors (Lipinski definition) is 6. The highest BCUT2D eigenvalue weighted by molar-refractivity contribution is 7.89. The first-order valence-corrected chi connectivity index (χ1v) is 12.1. The summed E-state index contributed by atoms with van der Waals surface area (Å²) in [6.07, 6.45) is -0.324. The third kappa shape index (κ3) is 5.09. The first kappa shape index (κ1) is 21.6. The summed E-state index contributed by atoms with van der Waals surface area (Å²) < 4.78 is 66.4. The Hall–Kier alpha value is -1.08. The molecule has 1 N–H and O–H groups in total. The average molecular weight is 434 g/mol. The van der Waals surface area contributed by atoms with Gasteiger partial charge in [-0.15, -0.1) is 0 Å². The Kier molecular flexibility index (Phi) is 6.75. The molecular formula is C17H27N3O6S2. The largest absolute Gasteiger partial charge is 0.379 e. The summed E-state index contributed by atoms with van der Waals surface area (Å²) in [7, 11) is -7.20. The van der Waals surface area contributed by atoms with E-state index >= 15 is 0 Å². The van der Waals surface area contributed by atoms with Crippen molar-refractivity contribution in [3.05, 3.63) is 29.8 Å². The molecule has 0 spiro atoms. The maximum absolute atomic E-state index is 12.6. The van der Waals surface area contributed by atoms with Gasteiger partial charge < -0.3 is 9.47 Å². The lowest BCUT2D eigenvalue weighted by molar-refractivity contribution is -0.0444. The second-order valence-electron chi connectivity index (χ2n) is 7.06. The number of nitrogens with zero attached hydrogens (tertiary/aromatic N) is 2. The van der Waals surface area contributed by atoms with Crippen LogP contribution in [-0.4, -0.2) is 77.0 Å². The standard InChI is InChI=1S/C17H27N3O6S2/c1-14-12-20(13-15(2)26-14)28(23,24)18-11-16-3-5-17(6-4-16)27(21,22)19-7-9-25-10-8-19/h3-6,14-15,18H,7-13H2,1-2H3. The molecule has 2 heterocycles. The van der Waals surface area contributed by atoms with Crippen LogP contribution in [0.5, 0.6) is 0 Å². The lowest BCUT2D eigenvalue weighted by Crippen LogP contribution is -2.51. The van der Waals surface area contributed by atoms with Crippen LogP contribution in [0.25, 0.3) is 0 Å². The lowest BCUT2D eigenvalue weighted by Gasteiger charge is -2.34. The predicted molar refractivity (Wildman–Crippen MR) is 103 cm³/mol. The molecule has 28 heavy (non-hydrogen) atoms. The Labute approximate surface area is 166 Å². The van der Waals surface area contributed by atoms with Gasteiger partial charge in [0.15, 0.2) is 0 Å². The minimum Gasteiger partial charge on any atom is -0.379 e. The molecule has 0 aromatic heterocycles. The number of nitrogens with one attached hydrogen (secondary N) is 1. The predicted octanol–water partition coefficient (Wildman–Crippen LogP) is 0.151. The highest BCUT2D eigenvalue weighted by Crippen LogP contribution is 2.18. The van der Waals surface area contributed by atoms with Gasteiger partial charge in [-0.1, -0.05) is 12.1 Å². The van der Waals surface area contributed by atoms with E-state index in [9.17, 15) is 16.8 Å². The molecule has 9 nitrogen and oxygen atoms in total. The maximum Gasteiger partial charge on any atom is 0.279 e. The number of rotatable bonds is 6. The van der Waals surface area contributed by atoms with Crippen LogP contribution >= 0.6 is 0 Å². The Balaban J connectivity index is 1.62. The molecular weight excluding hydrogens is 406 g/mol. The molecule has 0 saturated carbocycles. The maximum atomic E-state index is 12.6. The van der Waals surface area contributed by atoms with E-state index in [4.69, 9.17) is 9.47 Å². The average Bonchev–Trinajstić information content (AvgIpc) is 2.67. The van der Waals surface area contributed by atoms with Gasteiger partial charge in [0, 0.05) is 32.7 Å². The van der Waals surface area contributed by atoms with Crippen LogP contribution in [0.4, 0.5) is 0 Å². The van der Waals surface area contributed by atoms with Crippen LogP contribution in [0.15, 0.2) is 29.2 Å². The van der Waals surface area contributed by atoms with Crippen LogP contribution in [-0.2, 0) is 36.3 Å². The first-order valence-electron chi connectivity index (χ1n) is 9.25. The fourth-order valence-electron chi connectivity index (χ4n) is 3.31. The quantitative estimate of drug-likeness (QED) is 0.685. The molecule has 0 radical (unpaired) electrons. The van der Waals surface area contributed by atoms with Gasteiger partial charge in [0.2, 0.25) is 10.0 Å². The molecule has 11 heteroatoms. The minimum absolute atomic E-state index is 0.0837. The second kappa shape index (κ2) is 8.74. The lowest BCUT2D eigenvalue weighted by atomic mass is 10.2. The zero-order valence-corrected chi connectivity index (χ0v) is 17.7. The monoisotopic (exact) mass is 433 g/mol. The third-order valence-electron chi connectivity index (χ3n) is 4.72. The number of morpholine rings is 2. The number of hydrogen-bond donors (Lipinski definition) is 1. The third-order valence-corrected chi connectivity index (χ3v) is 8.12. The fraction of sp³-hybridized carbons (Fsp3) is 0.647. The second-order valence-corrected chi connectivity index (χ2v) is 10.8. The van der Waals surface area contributed by atoms with Crippen molar-refractivity contribution in [1.82, 2.24) is 13.3 Å². The molecule has 2 fully saturated rings. The zero-order chi connectivity index (χ0) is 20.4. The molecule has 2 saturated heterocycles. The summed E-state index contributed by atoms with van der Waals surface area (Å²) >= 11 is 0. The van der Waals surface area contributed by atoms with E-state index in [2.05, 4.69) is 4.72 Å². The molecule has 2 aliphatic heterocycles. The van der Waals surface area contributed by atoms with Crippen molar-refractivity contribution in [3.8, 4) is 0 Å². The Morgan fingerprint density at radius 3 is 2.11 bits per heavy atom. The summed E-state index contributed by atoms with van der Waals surface area (Å²) in [6.45, 7) is 5.81. The molecule has 3 rings (SSSR count). The van der Waals surface area contributed by atoms with Crippen molar-refractivity contribution in [2.45, 2.75) is 37.5 Å². The van der Waals surface area contributed by atoms with Crippen molar-refractivity contribution >= 4 is 20.2 Å². The van der Waals surface area contributed by atoms with Gasteiger partial charge in [-0.05, 0) is 31.5 Å².